The van der Waals surface area contributed by atoms with Crippen LogP contribution in [-0.4, -0.2) is 38.6 Å². The molecule has 0 atom stereocenters. The van der Waals surface area contributed by atoms with Crippen LogP contribution in [0.1, 0.15) is 23.6 Å². The molecule has 1 aromatic heterocycles. The van der Waals surface area contributed by atoms with Crippen molar-refractivity contribution < 1.29 is 14.3 Å². The Morgan fingerprint density at radius 2 is 1.94 bits per heavy atom. The predicted molar refractivity (Wildman–Crippen MR) is 142 cm³/mol. The SMILES string of the molecule is CCOc1cc(/C=C2/C(=N)N3N=C(c4cccnc4)SC3=NC2=O)ccc1OCc1ccc(Cl)cc1. The second kappa shape index (κ2) is 10.3. The fourth-order valence-corrected chi connectivity index (χ4v) is 4.52. The molecule has 0 bridgehead atoms. The van der Waals surface area contributed by atoms with E-state index in [1.165, 1.54) is 16.8 Å². The monoisotopic (exact) mass is 517 g/mol. The van der Waals surface area contributed by atoms with E-state index in [1.54, 1.807) is 42.7 Å². The van der Waals surface area contributed by atoms with Gasteiger partial charge in [0.25, 0.3) is 5.91 Å². The number of hydrogen-bond donors (Lipinski definition) is 1. The quantitative estimate of drug-likeness (QED) is 0.422. The van der Waals surface area contributed by atoms with Crippen LogP contribution in [0.4, 0.5) is 0 Å². The number of thioether (sulfide) groups is 1. The molecule has 2 aliphatic heterocycles. The highest BCUT2D eigenvalue weighted by atomic mass is 35.5. The third-order valence-electron chi connectivity index (χ3n) is 5.25. The molecule has 0 radical (unpaired) electrons. The maximum Gasteiger partial charge on any atom is 0.283 e. The molecule has 3 heterocycles. The summed E-state index contributed by atoms with van der Waals surface area (Å²) in [5.41, 5.74) is 2.57. The van der Waals surface area contributed by atoms with Crippen molar-refractivity contribution in [3.63, 3.8) is 0 Å². The standard InChI is InChI=1S/C26H20ClN5O3S/c1-2-34-22-13-17(7-10-21(22)35-15-16-5-8-19(27)9-6-16)12-20-23(28)32-26(30-24(20)33)36-25(31-32)18-4-3-11-29-14-18/h3-14,28H,2,15H2,1H3/b20-12-,28-23?. The summed E-state index contributed by atoms with van der Waals surface area (Å²) in [5, 5.41) is 16.1. The molecule has 2 aliphatic rings. The summed E-state index contributed by atoms with van der Waals surface area (Å²) in [6.45, 7) is 2.67. The van der Waals surface area contributed by atoms with Gasteiger partial charge in [0.15, 0.2) is 17.3 Å². The lowest BCUT2D eigenvalue weighted by molar-refractivity contribution is -0.114. The summed E-state index contributed by atoms with van der Waals surface area (Å²) in [6.07, 6.45) is 4.96. The fourth-order valence-electron chi connectivity index (χ4n) is 3.51. The van der Waals surface area contributed by atoms with Crippen molar-refractivity contribution in [1.29, 1.82) is 5.41 Å². The number of halogens is 1. The molecule has 1 amide bonds. The first kappa shape index (κ1) is 23.8. The minimum absolute atomic E-state index is 0.0441. The number of amides is 1. The van der Waals surface area contributed by atoms with E-state index in [9.17, 15) is 4.79 Å². The number of aromatic nitrogens is 1. The number of ether oxygens (including phenoxy) is 2. The van der Waals surface area contributed by atoms with Gasteiger partial charge in [-0.05, 0) is 72.3 Å². The second-order valence-electron chi connectivity index (χ2n) is 7.72. The number of hydrazone groups is 1. The molecular weight excluding hydrogens is 498 g/mol. The van der Waals surface area contributed by atoms with Crippen molar-refractivity contribution >= 4 is 51.4 Å². The van der Waals surface area contributed by atoms with Crippen LogP contribution in [0.5, 0.6) is 11.5 Å². The normalized spacial score (nSPS) is 16.1. The third-order valence-corrected chi connectivity index (χ3v) is 6.46. The minimum Gasteiger partial charge on any atom is -0.490 e. The van der Waals surface area contributed by atoms with Crippen molar-refractivity contribution in [1.82, 2.24) is 9.99 Å². The first-order chi connectivity index (χ1) is 17.5. The smallest absolute Gasteiger partial charge is 0.283 e. The van der Waals surface area contributed by atoms with Crippen molar-refractivity contribution in [2.75, 3.05) is 6.61 Å². The number of rotatable bonds is 7. The van der Waals surface area contributed by atoms with Crippen LogP contribution in [0.15, 0.2) is 82.7 Å². The number of pyridine rings is 1. The van der Waals surface area contributed by atoms with Crippen LogP contribution in [0.2, 0.25) is 5.02 Å². The van der Waals surface area contributed by atoms with Crippen LogP contribution < -0.4 is 9.47 Å². The van der Waals surface area contributed by atoms with Crippen LogP contribution in [-0.2, 0) is 11.4 Å². The van der Waals surface area contributed by atoms with Crippen LogP contribution >= 0.6 is 23.4 Å². The number of amidine groups is 2. The van der Waals surface area contributed by atoms with Crippen LogP contribution in [0.25, 0.3) is 6.08 Å². The van der Waals surface area contributed by atoms with Gasteiger partial charge in [-0.1, -0.05) is 29.8 Å². The van der Waals surface area contributed by atoms with Gasteiger partial charge in [-0.2, -0.15) is 15.1 Å². The molecule has 2 aromatic carbocycles. The number of nitrogens with one attached hydrogen (secondary N) is 1. The first-order valence-electron chi connectivity index (χ1n) is 11.1. The van der Waals surface area contributed by atoms with Crippen molar-refractivity contribution in [2.24, 2.45) is 10.1 Å². The van der Waals surface area contributed by atoms with Gasteiger partial charge in [0.2, 0.25) is 5.17 Å². The fraction of sp³-hybridized carbons (Fsp3) is 0.115. The molecule has 1 N–H and O–H groups in total. The molecule has 0 spiro atoms. The van der Waals surface area contributed by atoms with Crippen molar-refractivity contribution in [3.8, 4) is 11.5 Å². The maximum atomic E-state index is 12.8. The van der Waals surface area contributed by atoms with E-state index < -0.39 is 5.91 Å². The molecule has 10 heteroatoms. The lowest BCUT2D eigenvalue weighted by Gasteiger charge is -2.20. The van der Waals surface area contributed by atoms with E-state index in [0.29, 0.717) is 45.5 Å². The predicted octanol–water partition coefficient (Wildman–Crippen LogP) is 5.38. The summed E-state index contributed by atoms with van der Waals surface area (Å²) in [5.74, 6) is 0.564. The number of benzene rings is 2. The molecule has 0 fully saturated rings. The lowest BCUT2D eigenvalue weighted by atomic mass is 10.1. The number of carbonyl (C=O) groups excluding carboxylic acids is 1. The average Bonchev–Trinajstić information content (AvgIpc) is 3.32. The van der Waals surface area contributed by atoms with Gasteiger partial charge >= 0.3 is 0 Å². The van der Waals surface area contributed by atoms with E-state index in [0.717, 1.165) is 11.1 Å². The van der Waals surface area contributed by atoms with Gasteiger partial charge in [0.05, 0.1) is 12.2 Å². The van der Waals surface area contributed by atoms with Crippen molar-refractivity contribution in [2.45, 2.75) is 13.5 Å². The van der Waals surface area contributed by atoms with Gasteiger partial charge in [-0.15, -0.1) is 0 Å². The summed E-state index contributed by atoms with van der Waals surface area (Å²) in [7, 11) is 0. The van der Waals surface area contributed by atoms with Crippen molar-refractivity contribution in [3.05, 3.63) is 94.3 Å². The Hall–Kier alpha value is -3.95. The number of aliphatic imine (C=N–C) groups is 1. The van der Waals surface area contributed by atoms with Crippen LogP contribution in [0.3, 0.4) is 0 Å². The molecule has 0 aliphatic carbocycles. The van der Waals surface area contributed by atoms with Gasteiger partial charge in [0, 0.05) is 23.0 Å². The summed E-state index contributed by atoms with van der Waals surface area (Å²) >= 11 is 7.18. The zero-order valence-electron chi connectivity index (χ0n) is 19.1. The largest absolute Gasteiger partial charge is 0.490 e. The first-order valence-corrected chi connectivity index (χ1v) is 12.3. The average molecular weight is 518 g/mol. The van der Waals surface area contributed by atoms with Crippen LogP contribution in [0, 0.1) is 5.41 Å². The zero-order chi connectivity index (χ0) is 25.1. The molecule has 0 unspecified atom stereocenters. The van der Waals surface area contributed by atoms with Gasteiger partial charge in [0.1, 0.15) is 11.7 Å². The number of fused-ring (bicyclic) bond motifs is 1. The Morgan fingerprint density at radius 3 is 2.69 bits per heavy atom. The van der Waals surface area contributed by atoms with E-state index >= 15 is 0 Å². The number of nitrogens with zero attached hydrogens (tertiary/aromatic N) is 4. The topological polar surface area (TPSA) is 100 Å². The molecule has 36 heavy (non-hydrogen) atoms. The zero-order valence-corrected chi connectivity index (χ0v) is 20.7. The lowest BCUT2D eigenvalue weighted by Crippen LogP contribution is -2.35. The summed E-state index contributed by atoms with van der Waals surface area (Å²) < 4.78 is 11.7. The Kier molecular flexibility index (Phi) is 6.84. The molecule has 180 valence electrons. The minimum atomic E-state index is -0.498. The molecule has 0 saturated heterocycles. The molecule has 5 rings (SSSR count). The third kappa shape index (κ3) is 5.02. The molecule has 8 nitrogen and oxygen atoms in total. The molecule has 3 aromatic rings. The van der Waals surface area contributed by atoms with E-state index in [4.69, 9.17) is 26.5 Å². The van der Waals surface area contributed by atoms with Gasteiger partial charge < -0.3 is 9.47 Å². The highest BCUT2D eigenvalue weighted by Crippen LogP contribution is 2.33. The van der Waals surface area contributed by atoms with Gasteiger partial charge in [-0.3, -0.25) is 15.2 Å². The highest BCUT2D eigenvalue weighted by Gasteiger charge is 2.36. The number of carbonyl (C=O) groups is 1. The Balaban J connectivity index is 1.38. The van der Waals surface area contributed by atoms with E-state index in [1.807, 2.05) is 37.3 Å². The summed E-state index contributed by atoms with van der Waals surface area (Å²) in [6, 6.07) is 16.4. The Labute approximate surface area is 216 Å². The van der Waals surface area contributed by atoms with E-state index in [2.05, 4.69) is 15.1 Å². The van der Waals surface area contributed by atoms with Gasteiger partial charge in [-0.25, -0.2) is 0 Å². The highest BCUT2D eigenvalue weighted by molar-refractivity contribution is 8.27. The Bertz CT molecular complexity index is 1420. The Morgan fingerprint density at radius 1 is 1.11 bits per heavy atom. The molecular formula is C26H20ClN5O3S. The molecule has 0 saturated carbocycles. The number of hydrogen-bond acceptors (Lipinski definition) is 7. The summed E-state index contributed by atoms with van der Waals surface area (Å²) in [4.78, 5) is 21.0. The van der Waals surface area contributed by atoms with E-state index in [-0.39, 0.29) is 11.4 Å². The maximum absolute atomic E-state index is 12.8. The second-order valence-corrected chi connectivity index (χ2v) is 9.11.